The van der Waals surface area contributed by atoms with E-state index >= 15 is 0 Å². The Kier molecular flexibility index (Phi) is 4.91. The number of halogens is 1. The first-order valence-corrected chi connectivity index (χ1v) is 10.1. The number of rotatable bonds is 4. The Morgan fingerprint density at radius 1 is 0.966 bits per heavy atom. The van der Waals surface area contributed by atoms with Gasteiger partial charge in [0.05, 0.1) is 17.6 Å². The van der Waals surface area contributed by atoms with Crippen molar-refractivity contribution >= 4 is 28.6 Å². The van der Waals surface area contributed by atoms with Gasteiger partial charge in [0.25, 0.3) is 0 Å². The molecule has 0 saturated carbocycles. The van der Waals surface area contributed by atoms with Crippen molar-refractivity contribution in [3.8, 4) is 11.5 Å². The predicted molar refractivity (Wildman–Crippen MR) is 113 cm³/mol. The zero-order valence-corrected chi connectivity index (χ0v) is 16.6. The lowest BCUT2D eigenvalue weighted by molar-refractivity contribution is 0.256. The van der Waals surface area contributed by atoms with Crippen LogP contribution >= 0.6 is 11.6 Å². The Hall–Kier alpha value is -2.90. The van der Waals surface area contributed by atoms with Crippen molar-refractivity contribution in [2.24, 2.45) is 0 Å². The molecule has 0 aliphatic carbocycles. The quantitative estimate of drug-likeness (QED) is 0.550. The number of para-hydroxylation sites is 2. The summed E-state index contributed by atoms with van der Waals surface area (Å²) in [6.07, 6.45) is 1.05. The summed E-state index contributed by atoms with van der Waals surface area (Å²) in [7, 11) is 0. The van der Waals surface area contributed by atoms with E-state index in [-0.39, 0.29) is 0 Å². The van der Waals surface area contributed by atoms with Gasteiger partial charge in [-0.3, -0.25) is 4.90 Å². The standard InChI is InChI=1S/C21H21ClN6O/c22-16-8-6-15(7-9-16)20-26-25-19(29-20)14-27-10-3-11-28(13-12-27)21-23-17-4-1-2-5-18(17)24-21/h1-2,4-9H,3,10-14H2,(H,23,24). The predicted octanol–water partition coefficient (Wildman–Crippen LogP) is 3.98. The molecule has 2 aromatic carbocycles. The molecule has 148 valence electrons. The number of fused-ring (bicyclic) bond motifs is 1. The third kappa shape index (κ3) is 3.97. The molecule has 29 heavy (non-hydrogen) atoms. The van der Waals surface area contributed by atoms with Crippen LogP contribution in [0.3, 0.4) is 0 Å². The largest absolute Gasteiger partial charge is 0.419 e. The van der Waals surface area contributed by atoms with Crippen LogP contribution in [0, 0.1) is 0 Å². The molecule has 8 heteroatoms. The van der Waals surface area contributed by atoms with Gasteiger partial charge in [0.1, 0.15) is 0 Å². The summed E-state index contributed by atoms with van der Waals surface area (Å²) in [6.45, 7) is 4.41. The summed E-state index contributed by atoms with van der Waals surface area (Å²) in [5.74, 6) is 2.10. The lowest BCUT2D eigenvalue weighted by Gasteiger charge is -2.20. The third-order valence-corrected chi connectivity index (χ3v) is 5.43. The van der Waals surface area contributed by atoms with Crippen molar-refractivity contribution in [1.82, 2.24) is 25.1 Å². The van der Waals surface area contributed by atoms with Gasteiger partial charge in [-0.2, -0.15) is 0 Å². The zero-order chi connectivity index (χ0) is 19.6. The van der Waals surface area contributed by atoms with Gasteiger partial charge in [-0.05, 0) is 42.8 Å². The van der Waals surface area contributed by atoms with Gasteiger partial charge in [0, 0.05) is 36.8 Å². The summed E-state index contributed by atoms with van der Waals surface area (Å²) < 4.78 is 5.87. The number of aromatic amines is 1. The number of hydrogen-bond acceptors (Lipinski definition) is 6. The zero-order valence-electron chi connectivity index (χ0n) is 15.9. The molecule has 0 amide bonds. The van der Waals surface area contributed by atoms with E-state index in [9.17, 15) is 0 Å². The highest BCUT2D eigenvalue weighted by atomic mass is 35.5. The Morgan fingerprint density at radius 3 is 2.69 bits per heavy atom. The van der Waals surface area contributed by atoms with Gasteiger partial charge in [-0.15, -0.1) is 10.2 Å². The molecule has 0 radical (unpaired) electrons. The second-order valence-electron chi connectivity index (χ2n) is 7.20. The van der Waals surface area contributed by atoms with E-state index in [0.29, 0.717) is 23.3 Å². The molecule has 0 atom stereocenters. The summed E-state index contributed by atoms with van der Waals surface area (Å²) in [4.78, 5) is 12.8. The summed E-state index contributed by atoms with van der Waals surface area (Å²) in [5, 5.41) is 9.09. The minimum atomic E-state index is 0.524. The monoisotopic (exact) mass is 408 g/mol. The summed E-state index contributed by atoms with van der Waals surface area (Å²) in [5.41, 5.74) is 2.95. The molecule has 2 aromatic heterocycles. The molecular weight excluding hydrogens is 388 g/mol. The Balaban J connectivity index is 1.24. The van der Waals surface area contributed by atoms with Crippen molar-refractivity contribution < 1.29 is 4.42 Å². The summed E-state index contributed by atoms with van der Waals surface area (Å²) >= 11 is 5.94. The SMILES string of the molecule is Clc1ccc(-c2nnc(CN3CCCN(c4nc5ccccc5[nH]4)CC3)o2)cc1. The lowest BCUT2D eigenvalue weighted by atomic mass is 10.2. The highest BCUT2D eigenvalue weighted by molar-refractivity contribution is 6.30. The lowest BCUT2D eigenvalue weighted by Crippen LogP contribution is -2.31. The summed E-state index contributed by atoms with van der Waals surface area (Å²) in [6, 6.07) is 15.5. The molecular formula is C21H21ClN6O. The molecule has 1 N–H and O–H groups in total. The van der Waals surface area contributed by atoms with Crippen molar-refractivity contribution in [2.45, 2.75) is 13.0 Å². The molecule has 7 nitrogen and oxygen atoms in total. The average molecular weight is 409 g/mol. The molecule has 0 bridgehead atoms. The van der Waals surface area contributed by atoms with Crippen molar-refractivity contribution in [2.75, 3.05) is 31.1 Å². The van der Waals surface area contributed by atoms with Gasteiger partial charge >= 0.3 is 0 Å². The molecule has 0 spiro atoms. The van der Waals surface area contributed by atoms with Crippen molar-refractivity contribution in [3.05, 3.63) is 59.4 Å². The number of anilines is 1. The first kappa shape index (κ1) is 18.1. The number of nitrogens with zero attached hydrogens (tertiary/aromatic N) is 5. The smallest absolute Gasteiger partial charge is 0.247 e. The Labute approximate surface area is 173 Å². The van der Waals surface area contributed by atoms with Gasteiger partial charge in [0.15, 0.2) is 0 Å². The second-order valence-corrected chi connectivity index (χ2v) is 7.64. The first-order chi connectivity index (χ1) is 14.2. The van der Waals surface area contributed by atoms with Crippen LogP contribution in [-0.2, 0) is 6.54 Å². The van der Waals surface area contributed by atoms with E-state index in [1.807, 2.05) is 42.5 Å². The van der Waals surface area contributed by atoms with E-state index in [0.717, 1.165) is 55.1 Å². The maximum Gasteiger partial charge on any atom is 0.247 e. The topological polar surface area (TPSA) is 74.1 Å². The van der Waals surface area contributed by atoms with Gasteiger partial charge in [-0.25, -0.2) is 4.98 Å². The molecule has 1 aliphatic heterocycles. The van der Waals surface area contributed by atoms with Crippen LogP contribution in [0.1, 0.15) is 12.3 Å². The van der Waals surface area contributed by atoms with E-state index in [2.05, 4.69) is 31.0 Å². The molecule has 3 heterocycles. The van der Waals surface area contributed by atoms with E-state index in [1.165, 1.54) is 0 Å². The highest BCUT2D eigenvalue weighted by Gasteiger charge is 2.19. The van der Waals surface area contributed by atoms with Crippen LogP contribution in [0.25, 0.3) is 22.5 Å². The number of hydrogen-bond donors (Lipinski definition) is 1. The molecule has 1 aliphatic rings. The van der Waals surface area contributed by atoms with Gasteiger partial charge in [0.2, 0.25) is 17.7 Å². The normalized spacial score (nSPS) is 15.7. The fraction of sp³-hybridized carbons (Fsp3) is 0.286. The molecule has 5 rings (SSSR count). The fourth-order valence-corrected chi connectivity index (χ4v) is 3.77. The van der Waals surface area contributed by atoms with E-state index in [1.54, 1.807) is 0 Å². The maximum atomic E-state index is 5.94. The number of aromatic nitrogens is 4. The van der Waals surface area contributed by atoms with E-state index in [4.69, 9.17) is 21.0 Å². The van der Waals surface area contributed by atoms with Crippen LogP contribution in [0.4, 0.5) is 5.95 Å². The van der Waals surface area contributed by atoms with Crippen LogP contribution in [0.15, 0.2) is 52.9 Å². The molecule has 1 saturated heterocycles. The van der Waals surface area contributed by atoms with Crippen LogP contribution in [0.2, 0.25) is 5.02 Å². The highest BCUT2D eigenvalue weighted by Crippen LogP contribution is 2.22. The molecule has 4 aromatic rings. The first-order valence-electron chi connectivity index (χ1n) is 9.75. The minimum Gasteiger partial charge on any atom is -0.419 e. The second kappa shape index (κ2) is 7.85. The fourth-order valence-electron chi connectivity index (χ4n) is 3.65. The van der Waals surface area contributed by atoms with Crippen molar-refractivity contribution in [3.63, 3.8) is 0 Å². The van der Waals surface area contributed by atoms with Crippen LogP contribution in [0.5, 0.6) is 0 Å². The Morgan fingerprint density at radius 2 is 1.83 bits per heavy atom. The maximum absolute atomic E-state index is 5.94. The molecule has 0 unspecified atom stereocenters. The minimum absolute atomic E-state index is 0.524. The van der Waals surface area contributed by atoms with Crippen molar-refractivity contribution in [1.29, 1.82) is 0 Å². The number of imidazole rings is 1. The van der Waals surface area contributed by atoms with Gasteiger partial charge < -0.3 is 14.3 Å². The molecule has 1 fully saturated rings. The van der Waals surface area contributed by atoms with Crippen LogP contribution in [-0.4, -0.2) is 51.2 Å². The number of nitrogens with one attached hydrogen (secondary N) is 1. The number of H-pyrrole nitrogens is 1. The third-order valence-electron chi connectivity index (χ3n) is 5.18. The van der Waals surface area contributed by atoms with Gasteiger partial charge in [-0.1, -0.05) is 23.7 Å². The Bertz CT molecular complexity index is 1070. The van der Waals surface area contributed by atoms with E-state index < -0.39 is 0 Å². The average Bonchev–Trinajstić information content (AvgIpc) is 3.31. The number of benzene rings is 2. The van der Waals surface area contributed by atoms with Crippen LogP contribution < -0.4 is 4.90 Å².